The molecule has 21 heavy (non-hydrogen) atoms. The van der Waals surface area contributed by atoms with Crippen LogP contribution in [0.4, 0.5) is 5.00 Å². The number of carbonyl (C=O) groups is 1. The van der Waals surface area contributed by atoms with Gasteiger partial charge in [0.1, 0.15) is 16.8 Å². The van der Waals surface area contributed by atoms with Crippen molar-refractivity contribution < 1.29 is 4.79 Å². The first-order valence-electron chi connectivity index (χ1n) is 7.04. The Morgan fingerprint density at radius 1 is 1.43 bits per heavy atom. The molecule has 0 saturated carbocycles. The molecule has 0 unspecified atom stereocenters. The summed E-state index contributed by atoms with van der Waals surface area (Å²) in [7, 11) is 1.73. The Morgan fingerprint density at radius 2 is 2.24 bits per heavy atom. The first-order valence-corrected chi connectivity index (χ1v) is 7.86. The molecule has 1 N–H and O–H groups in total. The summed E-state index contributed by atoms with van der Waals surface area (Å²) in [5.74, 6) is -0.220. The SMILES string of the molecule is Cn1nccc1C(=O)Nc1sc2c(c1C#N)CCCCC2. The normalized spacial score (nSPS) is 14.1. The molecule has 0 aromatic carbocycles. The van der Waals surface area contributed by atoms with Gasteiger partial charge in [-0.1, -0.05) is 6.42 Å². The van der Waals surface area contributed by atoms with Gasteiger partial charge in [-0.15, -0.1) is 11.3 Å². The molecule has 3 rings (SSSR count). The van der Waals surface area contributed by atoms with Crippen LogP contribution in [0, 0.1) is 11.3 Å². The quantitative estimate of drug-likeness (QED) is 0.867. The molecule has 0 radical (unpaired) electrons. The van der Waals surface area contributed by atoms with E-state index in [1.54, 1.807) is 30.6 Å². The van der Waals surface area contributed by atoms with E-state index in [0.717, 1.165) is 31.2 Å². The molecule has 0 atom stereocenters. The topological polar surface area (TPSA) is 70.7 Å². The Morgan fingerprint density at radius 3 is 2.95 bits per heavy atom. The van der Waals surface area contributed by atoms with Crippen molar-refractivity contribution in [2.45, 2.75) is 32.1 Å². The Hall–Kier alpha value is -2.13. The summed E-state index contributed by atoms with van der Waals surface area (Å²) in [6, 6.07) is 3.94. The maximum Gasteiger partial charge on any atom is 0.274 e. The zero-order valence-electron chi connectivity index (χ0n) is 11.8. The highest BCUT2D eigenvalue weighted by Crippen LogP contribution is 2.37. The lowest BCUT2D eigenvalue weighted by Gasteiger charge is -2.04. The molecule has 1 aliphatic carbocycles. The van der Waals surface area contributed by atoms with Crippen LogP contribution in [0.2, 0.25) is 0 Å². The number of nitrogens with one attached hydrogen (secondary N) is 1. The highest BCUT2D eigenvalue weighted by Gasteiger charge is 2.21. The fourth-order valence-electron chi connectivity index (χ4n) is 2.71. The number of aryl methyl sites for hydroxylation is 2. The molecular weight excluding hydrogens is 284 g/mol. The number of nitriles is 1. The van der Waals surface area contributed by atoms with Crippen LogP contribution >= 0.6 is 11.3 Å². The van der Waals surface area contributed by atoms with Gasteiger partial charge in [-0.25, -0.2) is 0 Å². The standard InChI is InChI=1S/C15H16N4OS/c1-19-12(7-8-17-19)14(20)18-15-11(9-16)10-5-3-2-4-6-13(10)21-15/h7-8H,2-6H2,1H3,(H,18,20). The van der Waals surface area contributed by atoms with Crippen LogP contribution in [0.5, 0.6) is 0 Å². The number of fused-ring (bicyclic) bond motifs is 1. The van der Waals surface area contributed by atoms with Crippen LogP contribution in [0.3, 0.4) is 0 Å². The molecule has 0 fully saturated rings. The highest BCUT2D eigenvalue weighted by atomic mass is 32.1. The number of hydrogen-bond donors (Lipinski definition) is 1. The van der Waals surface area contributed by atoms with Crippen molar-refractivity contribution in [3.05, 3.63) is 34.0 Å². The van der Waals surface area contributed by atoms with Gasteiger partial charge in [0, 0.05) is 18.1 Å². The molecule has 0 bridgehead atoms. The largest absolute Gasteiger partial charge is 0.311 e. The average molecular weight is 300 g/mol. The first-order chi connectivity index (χ1) is 10.2. The lowest BCUT2D eigenvalue weighted by molar-refractivity contribution is 0.101. The monoisotopic (exact) mass is 300 g/mol. The van der Waals surface area contributed by atoms with Gasteiger partial charge in [0.2, 0.25) is 0 Å². The van der Waals surface area contributed by atoms with E-state index in [4.69, 9.17) is 0 Å². The molecule has 1 amide bonds. The number of anilines is 1. The van der Waals surface area contributed by atoms with Crippen molar-refractivity contribution in [3.63, 3.8) is 0 Å². The van der Waals surface area contributed by atoms with Crippen molar-refractivity contribution >= 4 is 22.2 Å². The van der Waals surface area contributed by atoms with Crippen LogP contribution < -0.4 is 5.32 Å². The maximum atomic E-state index is 12.3. The summed E-state index contributed by atoms with van der Waals surface area (Å²) in [6.07, 6.45) is 7.03. The van der Waals surface area contributed by atoms with E-state index in [0.29, 0.717) is 16.3 Å². The molecule has 108 valence electrons. The van der Waals surface area contributed by atoms with E-state index in [9.17, 15) is 10.1 Å². The second-order valence-electron chi connectivity index (χ2n) is 5.17. The molecule has 2 aromatic rings. The van der Waals surface area contributed by atoms with E-state index >= 15 is 0 Å². The fraction of sp³-hybridized carbons (Fsp3) is 0.400. The van der Waals surface area contributed by atoms with Crippen LogP contribution in [0.1, 0.15) is 45.8 Å². The summed E-state index contributed by atoms with van der Waals surface area (Å²) in [5, 5.41) is 17.0. The Balaban J connectivity index is 1.91. The molecule has 0 aliphatic heterocycles. The molecule has 1 aliphatic rings. The van der Waals surface area contributed by atoms with Crippen LogP contribution in [0.25, 0.3) is 0 Å². The van der Waals surface area contributed by atoms with Gasteiger partial charge in [-0.3, -0.25) is 9.48 Å². The zero-order chi connectivity index (χ0) is 14.8. The predicted octanol–water partition coefficient (Wildman–Crippen LogP) is 2.87. The van der Waals surface area contributed by atoms with Gasteiger partial charge in [0.05, 0.1) is 5.56 Å². The molecule has 0 spiro atoms. The number of carbonyl (C=O) groups excluding carboxylic acids is 1. The van der Waals surface area contributed by atoms with Gasteiger partial charge >= 0.3 is 0 Å². The minimum atomic E-state index is -0.220. The average Bonchev–Trinajstić information content (AvgIpc) is 2.95. The van der Waals surface area contributed by atoms with Crippen LogP contribution in [-0.4, -0.2) is 15.7 Å². The number of rotatable bonds is 2. The highest BCUT2D eigenvalue weighted by molar-refractivity contribution is 7.16. The molecule has 2 aromatic heterocycles. The Bertz CT molecular complexity index is 723. The molecular formula is C15H16N4OS. The minimum Gasteiger partial charge on any atom is -0.311 e. The number of thiophene rings is 1. The summed E-state index contributed by atoms with van der Waals surface area (Å²) in [4.78, 5) is 13.5. The second-order valence-corrected chi connectivity index (χ2v) is 6.28. The van der Waals surface area contributed by atoms with Crippen LogP contribution in [-0.2, 0) is 19.9 Å². The minimum absolute atomic E-state index is 0.220. The summed E-state index contributed by atoms with van der Waals surface area (Å²) < 4.78 is 1.53. The Labute approximate surface area is 127 Å². The Kier molecular flexibility index (Phi) is 3.76. The third kappa shape index (κ3) is 2.57. The summed E-state index contributed by atoms with van der Waals surface area (Å²) in [5.41, 5.74) is 2.27. The summed E-state index contributed by atoms with van der Waals surface area (Å²) >= 11 is 1.55. The van der Waals surface area contributed by atoms with Crippen molar-refractivity contribution in [2.75, 3.05) is 5.32 Å². The van der Waals surface area contributed by atoms with Crippen molar-refractivity contribution in [3.8, 4) is 6.07 Å². The second kappa shape index (κ2) is 5.70. The van der Waals surface area contributed by atoms with Gasteiger partial charge in [0.25, 0.3) is 5.91 Å². The number of amides is 1. The number of hydrogen-bond acceptors (Lipinski definition) is 4. The van der Waals surface area contributed by atoms with Crippen LogP contribution in [0.15, 0.2) is 12.3 Å². The number of aromatic nitrogens is 2. The third-order valence-electron chi connectivity index (χ3n) is 3.81. The van der Waals surface area contributed by atoms with Gasteiger partial charge in [0.15, 0.2) is 0 Å². The zero-order valence-corrected chi connectivity index (χ0v) is 12.7. The van der Waals surface area contributed by atoms with E-state index in [1.807, 2.05) is 0 Å². The van der Waals surface area contributed by atoms with E-state index < -0.39 is 0 Å². The lowest BCUT2D eigenvalue weighted by atomic mass is 10.1. The predicted molar refractivity (Wildman–Crippen MR) is 81.5 cm³/mol. The fourth-order valence-corrected chi connectivity index (χ4v) is 3.95. The lowest BCUT2D eigenvalue weighted by Crippen LogP contribution is -2.16. The van der Waals surface area contributed by atoms with E-state index in [1.165, 1.54) is 16.0 Å². The number of nitrogens with zero attached hydrogens (tertiary/aromatic N) is 3. The van der Waals surface area contributed by atoms with E-state index in [2.05, 4.69) is 16.5 Å². The van der Waals surface area contributed by atoms with Gasteiger partial charge < -0.3 is 5.32 Å². The first kappa shape index (κ1) is 13.8. The maximum absolute atomic E-state index is 12.3. The van der Waals surface area contributed by atoms with Crippen molar-refractivity contribution in [2.24, 2.45) is 7.05 Å². The van der Waals surface area contributed by atoms with E-state index in [-0.39, 0.29) is 5.91 Å². The van der Waals surface area contributed by atoms with Gasteiger partial charge in [-0.2, -0.15) is 10.4 Å². The molecule has 6 heteroatoms. The third-order valence-corrected chi connectivity index (χ3v) is 5.02. The smallest absolute Gasteiger partial charge is 0.274 e. The van der Waals surface area contributed by atoms with Gasteiger partial charge in [-0.05, 0) is 37.3 Å². The summed E-state index contributed by atoms with van der Waals surface area (Å²) in [6.45, 7) is 0. The van der Waals surface area contributed by atoms with Crippen molar-refractivity contribution in [1.82, 2.24) is 9.78 Å². The van der Waals surface area contributed by atoms with Crippen molar-refractivity contribution in [1.29, 1.82) is 5.26 Å². The molecule has 2 heterocycles. The molecule has 5 nitrogen and oxygen atoms in total. The molecule has 0 saturated heterocycles.